The minimum absolute atomic E-state index is 0.0426. The highest BCUT2D eigenvalue weighted by Crippen LogP contribution is 2.36. The lowest BCUT2D eigenvalue weighted by molar-refractivity contribution is 0.0686. The van der Waals surface area contributed by atoms with Gasteiger partial charge in [-0.15, -0.1) is 0 Å². The van der Waals surface area contributed by atoms with Crippen LogP contribution in [-0.4, -0.2) is 55.6 Å². The molecule has 6 rings (SSSR count). The van der Waals surface area contributed by atoms with Crippen molar-refractivity contribution in [3.63, 3.8) is 0 Å². The number of benzene rings is 1. The molecule has 9 nitrogen and oxygen atoms in total. The van der Waals surface area contributed by atoms with Crippen LogP contribution in [0.15, 0.2) is 36.9 Å². The molecular formula is C27H25FN6O3. The summed E-state index contributed by atoms with van der Waals surface area (Å²) in [6.45, 7) is 6.28. The maximum atomic E-state index is 14.9. The van der Waals surface area contributed by atoms with E-state index in [0.29, 0.717) is 29.5 Å². The number of imidazole rings is 1. The number of pyridine rings is 1. The molecule has 2 aliphatic rings. The highest BCUT2D eigenvalue weighted by molar-refractivity contribution is 6.05. The van der Waals surface area contributed by atoms with Gasteiger partial charge in [-0.25, -0.2) is 14.4 Å². The molecule has 4 aromatic rings. The minimum atomic E-state index is -0.490. The van der Waals surface area contributed by atoms with Gasteiger partial charge in [0.2, 0.25) is 11.7 Å². The van der Waals surface area contributed by atoms with Crippen LogP contribution in [-0.2, 0) is 13.1 Å². The van der Waals surface area contributed by atoms with Crippen LogP contribution in [0.3, 0.4) is 0 Å². The zero-order valence-electron chi connectivity index (χ0n) is 20.9. The van der Waals surface area contributed by atoms with Crippen LogP contribution in [0, 0.1) is 12.7 Å². The second-order valence-corrected chi connectivity index (χ2v) is 9.76. The third-order valence-corrected chi connectivity index (χ3v) is 6.98. The second-order valence-electron chi connectivity index (χ2n) is 9.76. The van der Waals surface area contributed by atoms with Gasteiger partial charge in [0, 0.05) is 61.0 Å². The van der Waals surface area contributed by atoms with Crippen molar-refractivity contribution >= 4 is 23.2 Å². The van der Waals surface area contributed by atoms with Gasteiger partial charge in [-0.3, -0.25) is 19.0 Å². The lowest BCUT2D eigenvalue weighted by atomic mass is 9.98. The molecule has 0 fully saturated rings. The number of ketones is 1. The van der Waals surface area contributed by atoms with Gasteiger partial charge >= 0.3 is 0 Å². The largest absolute Gasteiger partial charge is 0.485 e. The lowest BCUT2D eigenvalue weighted by Gasteiger charge is -2.29. The van der Waals surface area contributed by atoms with Crippen LogP contribution < -0.4 is 9.64 Å². The number of ether oxygens (including phenoxy) is 1. The van der Waals surface area contributed by atoms with Crippen molar-refractivity contribution < 1.29 is 18.7 Å². The topological polar surface area (TPSA) is 92.9 Å². The van der Waals surface area contributed by atoms with Gasteiger partial charge in [0.15, 0.2) is 12.3 Å². The zero-order valence-corrected chi connectivity index (χ0v) is 20.9. The number of amides is 1. The summed E-state index contributed by atoms with van der Waals surface area (Å²) in [5.41, 5.74) is 4.91. The monoisotopic (exact) mass is 500 g/mol. The lowest BCUT2D eigenvalue weighted by Crippen LogP contribution is -2.37. The van der Waals surface area contributed by atoms with E-state index >= 15 is 0 Å². The molecule has 0 spiro atoms. The van der Waals surface area contributed by atoms with Crippen LogP contribution in [0.1, 0.15) is 51.5 Å². The van der Waals surface area contributed by atoms with Crippen molar-refractivity contribution in [2.45, 2.75) is 39.9 Å². The first kappa shape index (κ1) is 23.1. The van der Waals surface area contributed by atoms with E-state index in [1.54, 1.807) is 33.8 Å². The molecule has 0 atom stereocenters. The fourth-order valence-electron chi connectivity index (χ4n) is 5.14. The molecule has 0 N–H and O–H groups in total. The van der Waals surface area contributed by atoms with Crippen LogP contribution in [0.4, 0.5) is 10.3 Å². The molecule has 2 aliphatic heterocycles. The number of hydrogen-bond donors (Lipinski definition) is 0. The van der Waals surface area contributed by atoms with E-state index in [1.807, 2.05) is 33.0 Å². The van der Waals surface area contributed by atoms with Crippen molar-refractivity contribution in [2.24, 2.45) is 0 Å². The smallest absolute Gasteiger partial charge is 0.275 e. The van der Waals surface area contributed by atoms with E-state index in [2.05, 4.69) is 9.97 Å². The number of fused-ring (bicyclic) bond motifs is 3. The summed E-state index contributed by atoms with van der Waals surface area (Å²) in [7, 11) is 1.76. The first-order valence-electron chi connectivity index (χ1n) is 12.1. The van der Waals surface area contributed by atoms with Crippen LogP contribution in [0.5, 0.6) is 5.75 Å². The summed E-state index contributed by atoms with van der Waals surface area (Å²) in [4.78, 5) is 43.3. The van der Waals surface area contributed by atoms with E-state index < -0.39 is 5.82 Å². The van der Waals surface area contributed by atoms with Crippen LogP contribution in [0.2, 0.25) is 0 Å². The van der Waals surface area contributed by atoms with Gasteiger partial charge in [-0.05, 0) is 44.5 Å². The fourth-order valence-corrected chi connectivity index (χ4v) is 5.14. The molecule has 10 heteroatoms. The first-order valence-corrected chi connectivity index (χ1v) is 12.1. The molecular weight excluding hydrogens is 475 g/mol. The van der Waals surface area contributed by atoms with Crippen molar-refractivity contribution in [3.8, 4) is 16.9 Å². The van der Waals surface area contributed by atoms with Crippen molar-refractivity contribution in [2.75, 3.05) is 18.6 Å². The van der Waals surface area contributed by atoms with E-state index in [4.69, 9.17) is 9.72 Å². The Hall–Kier alpha value is -4.34. The maximum absolute atomic E-state index is 14.9. The van der Waals surface area contributed by atoms with Gasteiger partial charge in [-0.1, -0.05) is 0 Å². The van der Waals surface area contributed by atoms with Crippen molar-refractivity contribution in [1.29, 1.82) is 0 Å². The molecule has 0 saturated heterocycles. The molecule has 0 unspecified atom stereocenters. The Morgan fingerprint density at radius 1 is 1.14 bits per heavy atom. The molecule has 0 saturated carbocycles. The molecule has 1 aromatic carbocycles. The number of aromatic nitrogens is 4. The van der Waals surface area contributed by atoms with Crippen molar-refractivity contribution in [3.05, 3.63) is 70.8 Å². The molecule has 188 valence electrons. The number of halogens is 1. The molecule has 1 amide bonds. The summed E-state index contributed by atoms with van der Waals surface area (Å²) >= 11 is 0. The predicted octanol–water partition coefficient (Wildman–Crippen LogP) is 3.81. The molecule has 37 heavy (non-hydrogen) atoms. The Morgan fingerprint density at radius 3 is 2.70 bits per heavy atom. The number of rotatable bonds is 4. The van der Waals surface area contributed by atoms with Gasteiger partial charge < -0.3 is 14.5 Å². The Labute approximate surface area is 212 Å². The zero-order chi connectivity index (χ0) is 26.0. The van der Waals surface area contributed by atoms with E-state index in [9.17, 15) is 14.0 Å². The number of nitrogens with zero attached hydrogens (tertiary/aromatic N) is 6. The molecule has 5 heterocycles. The van der Waals surface area contributed by atoms with Gasteiger partial charge in [0.05, 0.1) is 11.1 Å². The fraction of sp³-hybridized carbons (Fsp3) is 0.296. The SMILES string of the molecule is Cc1cc2c(cn1)-c1cnc(N(C)Cc3c(F)ccc4c3C(=O)CO4)n3cnc(c13)C(=O)N(C(C)C)C2. The average Bonchev–Trinajstić information content (AvgIpc) is 3.47. The Kier molecular flexibility index (Phi) is 5.22. The molecule has 0 radical (unpaired) electrons. The summed E-state index contributed by atoms with van der Waals surface area (Å²) in [6.07, 6.45) is 5.08. The van der Waals surface area contributed by atoms with Crippen LogP contribution >= 0.6 is 0 Å². The number of hydrogen-bond acceptors (Lipinski definition) is 7. The first-order chi connectivity index (χ1) is 17.7. The summed E-state index contributed by atoms with van der Waals surface area (Å²) in [5.74, 6) is -0.0808. The predicted molar refractivity (Wildman–Crippen MR) is 134 cm³/mol. The average molecular weight is 501 g/mol. The normalized spacial score (nSPS) is 14.5. The Balaban J connectivity index is 1.51. The van der Waals surface area contributed by atoms with Gasteiger partial charge in [0.25, 0.3) is 5.91 Å². The third kappa shape index (κ3) is 3.54. The highest BCUT2D eigenvalue weighted by atomic mass is 19.1. The molecule has 0 bridgehead atoms. The second kappa shape index (κ2) is 8.36. The number of Topliss-reactive ketones (excluding diaryl/α,β-unsaturated/α-hetero) is 1. The minimum Gasteiger partial charge on any atom is -0.485 e. The van der Waals surface area contributed by atoms with Gasteiger partial charge in [-0.2, -0.15) is 0 Å². The Morgan fingerprint density at radius 2 is 1.92 bits per heavy atom. The Bertz CT molecular complexity index is 1610. The van der Waals surface area contributed by atoms with E-state index in [1.165, 1.54) is 12.1 Å². The van der Waals surface area contributed by atoms with E-state index in [-0.39, 0.29) is 42.0 Å². The number of carbonyl (C=O) groups excluding carboxylic acids is 2. The summed E-state index contributed by atoms with van der Waals surface area (Å²) in [5, 5.41) is 0. The van der Waals surface area contributed by atoms with Gasteiger partial charge in [0.1, 0.15) is 17.9 Å². The van der Waals surface area contributed by atoms with Crippen molar-refractivity contribution in [1.82, 2.24) is 24.3 Å². The summed E-state index contributed by atoms with van der Waals surface area (Å²) in [6, 6.07) is 4.73. The van der Waals surface area contributed by atoms with E-state index in [0.717, 1.165) is 22.4 Å². The standard InChI is InChI=1S/C27H25FN6O3/c1-14(2)33-10-16-7-15(3)29-8-17(16)18-9-30-27(34-13-31-24(25(18)34)26(33)36)32(4)11-19-20(28)5-6-22-23(19)21(35)12-37-22/h5-9,13-14H,10-12H2,1-4H3. The summed E-state index contributed by atoms with van der Waals surface area (Å²) < 4.78 is 22.0. The van der Waals surface area contributed by atoms with Crippen LogP contribution in [0.25, 0.3) is 16.6 Å². The highest BCUT2D eigenvalue weighted by Gasteiger charge is 2.31. The molecule has 3 aromatic heterocycles. The number of anilines is 1. The maximum Gasteiger partial charge on any atom is 0.275 e. The number of aryl methyl sites for hydroxylation is 1. The third-order valence-electron chi connectivity index (χ3n) is 6.98. The quantitative estimate of drug-likeness (QED) is 0.421. The molecule has 0 aliphatic carbocycles. The number of carbonyl (C=O) groups is 2.